The van der Waals surface area contributed by atoms with Crippen molar-refractivity contribution >= 4 is 35.0 Å². The van der Waals surface area contributed by atoms with E-state index in [1.54, 1.807) is 30.3 Å². The molecular formula is C19H20ClN3OS. The summed E-state index contributed by atoms with van der Waals surface area (Å²) in [6, 6.07) is 12.9. The molecule has 1 heterocycles. The SMILES string of the molecule is CC(C)Cc1ccc(C#N)c(SCCC(=O)Nc2ccc(Cl)cc2)n1. The molecule has 1 amide bonds. The van der Waals surface area contributed by atoms with E-state index in [4.69, 9.17) is 11.6 Å². The van der Waals surface area contributed by atoms with Crippen molar-refractivity contribution in [3.05, 3.63) is 52.7 Å². The normalized spacial score (nSPS) is 10.5. The molecule has 1 N–H and O–H groups in total. The van der Waals surface area contributed by atoms with E-state index in [1.807, 2.05) is 6.07 Å². The number of rotatable bonds is 7. The van der Waals surface area contributed by atoms with E-state index in [0.717, 1.165) is 12.1 Å². The smallest absolute Gasteiger partial charge is 0.225 e. The molecule has 0 saturated heterocycles. The van der Waals surface area contributed by atoms with Crippen LogP contribution in [0.1, 0.15) is 31.5 Å². The Morgan fingerprint density at radius 2 is 2.00 bits per heavy atom. The lowest BCUT2D eigenvalue weighted by molar-refractivity contribution is -0.115. The monoisotopic (exact) mass is 373 g/mol. The summed E-state index contributed by atoms with van der Waals surface area (Å²) in [5, 5.41) is 13.4. The number of halogens is 1. The molecule has 0 radical (unpaired) electrons. The molecule has 1 aromatic carbocycles. The summed E-state index contributed by atoms with van der Waals surface area (Å²) in [6.45, 7) is 4.27. The van der Waals surface area contributed by atoms with Crippen molar-refractivity contribution in [2.45, 2.75) is 31.7 Å². The number of carbonyl (C=O) groups is 1. The lowest BCUT2D eigenvalue weighted by atomic mass is 10.1. The molecule has 2 aromatic rings. The second kappa shape index (κ2) is 9.45. The molecule has 0 bridgehead atoms. The minimum absolute atomic E-state index is 0.0772. The van der Waals surface area contributed by atoms with Gasteiger partial charge in [-0.2, -0.15) is 5.26 Å². The Labute approximate surface area is 157 Å². The molecule has 2 rings (SSSR count). The number of benzene rings is 1. The first-order valence-corrected chi connectivity index (χ1v) is 9.42. The van der Waals surface area contributed by atoms with Crippen molar-refractivity contribution < 1.29 is 4.79 Å². The van der Waals surface area contributed by atoms with Gasteiger partial charge in [-0.25, -0.2) is 4.98 Å². The van der Waals surface area contributed by atoms with Gasteiger partial charge in [0.15, 0.2) is 0 Å². The first-order valence-electron chi connectivity index (χ1n) is 8.06. The Bertz CT molecular complexity index is 769. The highest BCUT2D eigenvalue weighted by Crippen LogP contribution is 2.22. The number of anilines is 1. The average Bonchev–Trinajstić information content (AvgIpc) is 2.57. The largest absolute Gasteiger partial charge is 0.326 e. The third-order valence-corrected chi connectivity index (χ3v) is 4.60. The fraction of sp³-hybridized carbons (Fsp3) is 0.316. The Balaban J connectivity index is 1.90. The van der Waals surface area contributed by atoms with Crippen molar-refractivity contribution in [1.29, 1.82) is 5.26 Å². The van der Waals surface area contributed by atoms with E-state index in [1.165, 1.54) is 11.8 Å². The highest BCUT2D eigenvalue weighted by Gasteiger charge is 2.09. The van der Waals surface area contributed by atoms with Gasteiger partial charge in [0.1, 0.15) is 11.1 Å². The molecule has 130 valence electrons. The van der Waals surface area contributed by atoms with Crippen LogP contribution < -0.4 is 5.32 Å². The van der Waals surface area contributed by atoms with Crippen molar-refractivity contribution in [3.8, 4) is 6.07 Å². The van der Waals surface area contributed by atoms with Crippen LogP contribution >= 0.6 is 23.4 Å². The summed E-state index contributed by atoms with van der Waals surface area (Å²) in [7, 11) is 0. The maximum Gasteiger partial charge on any atom is 0.225 e. The van der Waals surface area contributed by atoms with Crippen molar-refractivity contribution in [1.82, 2.24) is 4.98 Å². The quantitative estimate of drug-likeness (QED) is 0.699. The second-order valence-corrected chi connectivity index (χ2v) is 7.54. The summed E-state index contributed by atoms with van der Waals surface area (Å²) >= 11 is 7.26. The number of pyridine rings is 1. The first kappa shape index (κ1) is 19.3. The van der Waals surface area contributed by atoms with Crippen LogP contribution in [0.15, 0.2) is 41.4 Å². The van der Waals surface area contributed by atoms with Gasteiger partial charge >= 0.3 is 0 Å². The minimum atomic E-state index is -0.0772. The minimum Gasteiger partial charge on any atom is -0.326 e. The summed E-state index contributed by atoms with van der Waals surface area (Å²) in [5.41, 5.74) is 2.24. The number of nitrogens with zero attached hydrogens (tertiary/aromatic N) is 2. The van der Waals surface area contributed by atoms with E-state index < -0.39 is 0 Å². The van der Waals surface area contributed by atoms with Crippen LogP contribution in [0.4, 0.5) is 5.69 Å². The molecule has 25 heavy (non-hydrogen) atoms. The number of hydrogen-bond acceptors (Lipinski definition) is 4. The predicted molar refractivity (Wildman–Crippen MR) is 103 cm³/mol. The number of hydrogen-bond donors (Lipinski definition) is 1. The van der Waals surface area contributed by atoms with Crippen LogP contribution in [0.2, 0.25) is 5.02 Å². The van der Waals surface area contributed by atoms with Gasteiger partial charge in [-0.1, -0.05) is 25.4 Å². The summed E-state index contributed by atoms with van der Waals surface area (Å²) in [5.74, 6) is 0.988. The lowest BCUT2D eigenvalue weighted by Gasteiger charge is -2.08. The lowest BCUT2D eigenvalue weighted by Crippen LogP contribution is -2.12. The van der Waals surface area contributed by atoms with Crippen molar-refractivity contribution in [2.75, 3.05) is 11.1 Å². The number of amides is 1. The second-order valence-electron chi connectivity index (χ2n) is 6.02. The van der Waals surface area contributed by atoms with E-state index in [2.05, 4.69) is 30.2 Å². The molecule has 0 unspecified atom stereocenters. The number of thioether (sulfide) groups is 1. The zero-order chi connectivity index (χ0) is 18.2. The molecule has 6 heteroatoms. The molecule has 0 aliphatic rings. The summed E-state index contributed by atoms with van der Waals surface area (Å²) < 4.78 is 0. The van der Waals surface area contributed by atoms with E-state index in [0.29, 0.717) is 39.4 Å². The molecular weight excluding hydrogens is 354 g/mol. The molecule has 4 nitrogen and oxygen atoms in total. The first-order chi connectivity index (χ1) is 12.0. The fourth-order valence-electron chi connectivity index (χ4n) is 2.20. The Hall–Kier alpha value is -2.03. The third kappa shape index (κ3) is 6.41. The summed E-state index contributed by atoms with van der Waals surface area (Å²) in [6.07, 6.45) is 1.21. The summed E-state index contributed by atoms with van der Waals surface area (Å²) in [4.78, 5) is 16.6. The van der Waals surface area contributed by atoms with Gasteiger partial charge in [-0.05, 0) is 48.7 Å². The fourth-order valence-corrected chi connectivity index (χ4v) is 3.26. The van der Waals surface area contributed by atoms with Gasteiger partial charge in [-0.3, -0.25) is 4.79 Å². The molecule has 0 spiro atoms. The predicted octanol–water partition coefficient (Wildman–Crippen LogP) is 4.93. The van der Waals surface area contributed by atoms with Gasteiger partial charge in [0.05, 0.1) is 5.56 Å². The van der Waals surface area contributed by atoms with Crippen LogP contribution in [0.25, 0.3) is 0 Å². The molecule has 0 aliphatic heterocycles. The number of carbonyl (C=O) groups excluding carboxylic acids is 1. The maximum atomic E-state index is 12.0. The van der Waals surface area contributed by atoms with E-state index in [9.17, 15) is 10.1 Å². The van der Waals surface area contributed by atoms with Crippen LogP contribution in [-0.2, 0) is 11.2 Å². The number of nitriles is 1. The Morgan fingerprint density at radius 1 is 1.28 bits per heavy atom. The van der Waals surface area contributed by atoms with Gasteiger partial charge in [-0.15, -0.1) is 11.8 Å². The third-order valence-electron chi connectivity index (χ3n) is 3.35. The molecule has 0 aliphatic carbocycles. The van der Waals surface area contributed by atoms with Crippen LogP contribution in [0.5, 0.6) is 0 Å². The average molecular weight is 374 g/mol. The van der Waals surface area contributed by atoms with Gasteiger partial charge < -0.3 is 5.32 Å². The van der Waals surface area contributed by atoms with Gasteiger partial charge in [0, 0.05) is 28.6 Å². The number of aromatic nitrogens is 1. The molecule has 0 fully saturated rings. The van der Waals surface area contributed by atoms with Gasteiger partial charge in [0.2, 0.25) is 5.91 Å². The Morgan fingerprint density at radius 3 is 2.64 bits per heavy atom. The number of nitrogens with one attached hydrogen (secondary N) is 1. The van der Waals surface area contributed by atoms with Crippen LogP contribution in [0, 0.1) is 17.2 Å². The Kier molecular flexibility index (Phi) is 7.30. The topological polar surface area (TPSA) is 65.8 Å². The molecule has 1 aromatic heterocycles. The van der Waals surface area contributed by atoms with Crippen LogP contribution in [-0.4, -0.2) is 16.6 Å². The maximum absolute atomic E-state index is 12.0. The molecule has 0 saturated carbocycles. The standard InChI is InChI=1S/C19H20ClN3OS/c1-13(2)11-17-6-3-14(12-21)19(23-17)25-10-9-18(24)22-16-7-4-15(20)5-8-16/h3-8,13H,9-11H2,1-2H3,(H,22,24). The molecule has 0 atom stereocenters. The highest BCUT2D eigenvalue weighted by molar-refractivity contribution is 7.99. The zero-order valence-electron chi connectivity index (χ0n) is 14.3. The van der Waals surface area contributed by atoms with Gasteiger partial charge in [0.25, 0.3) is 0 Å². The van der Waals surface area contributed by atoms with E-state index >= 15 is 0 Å². The van der Waals surface area contributed by atoms with Crippen LogP contribution in [0.3, 0.4) is 0 Å². The van der Waals surface area contributed by atoms with Crippen molar-refractivity contribution in [3.63, 3.8) is 0 Å². The highest BCUT2D eigenvalue weighted by atomic mass is 35.5. The zero-order valence-corrected chi connectivity index (χ0v) is 15.8. The van der Waals surface area contributed by atoms with E-state index in [-0.39, 0.29) is 5.91 Å². The van der Waals surface area contributed by atoms with Crippen molar-refractivity contribution in [2.24, 2.45) is 5.92 Å².